The van der Waals surface area contributed by atoms with Crippen molar-refractivity contribution in [3.8, 4) is 11.5 Å². The Bertz CT molecular complexity index is 1150. The Hall–Kier alpha value is -1.85. The number of phenols is 1. The molecule has 0 fully saturated rings. The van der Waals surface area contributed by atoms with E-state index in [1.807, 2.05) is 6.92 Å². The van der Waals surface area contributed by atoms with E-state index in [0.29, 0.717) is 11.5 Å². The fourth-order valence-corrected chi connectivity index (χ4v) is 6.77. The van der Waals surface area contributed by atoms with E-state index in [1.165, 1.54) is 6.92 Å². The number of rotatable bonds is 6. The number of hydrogen-bond acceptors (Lipinski definition) is 5. The van der Waals surface area contributed by atoms with Gasteiger partial charge in [-0.25, -0.2) is 0 Å². The molecule has 0 atom stereocenters. The number of hydrogen-bond donors (Lipinski definition) is 1. The second-order valence-corrected chi connectivity index (χ2v) is 17.1. The Morgan fingerprint density at radius 1 is 0.730 bits per heavy atom. The molecule has 0 spiro atoms. The number of carbonyl (C=O) groups excluding carboxylic acids is 1. The van der Waals surface area contributed by atoms with Crippen LogP contribution < -0.4 is 4.74 Å². The van der Waals surface area contributed by atoms with E-state index in [1.54, 1.807) is 23.5 Å². The van der Waals surface area contributed by atoms with E-state index >= 15 is 0 Å². The topological polar surface area (TPSA) is 46.5 Å². The van der Waals surface area contributed by atoms with Crippen LogP contribution in [0, 0.1) is 0 Å². The number of esters is 1. The van der Waals surface area contributed by atoms with Crippen LogP contribution in [0.15, 0.2) is 40.6 Å². The molecule has 0 aliphatic rings. The van der Waals surface area contributed by atoms with Crippen LogP contribution in [0.4, 0.5) is 0 Å². The maximum Gasteiger partial charge on any atom is 0.308 e. The molecule has 0 saturated heterocycles. The number of benzene rings is 2. The zero-order chi connectivity index (χ0) is 28.7. The van der Waals surface area contributed by atoms with Crippen molar-refractivity contribution in [1.82, 2.24) is 0 Å². The first kappa shape index (κ1) is 31.4. The summed E-state index contributed by atoms with van der Waals surface area (Å²) in [6.07, 6.45) is 0. The molecule has 0 unspecified atom stereocenters. The minimum Gasteiger partial charge on any atom is -0.507 e. The molecule has 2 aromatic carbocycles. The van der Waals surface area contributed by atoms with Crippen molar-refractivity contribution < 1.29 is 14.6 Å². The van der Waals surface area contributed by atoms with Crippen LogP contribution in [0.1, 0.15) is 112 Å². The molecule has 5 heteroatoms. The Labute approximate surface area is 233 Å². The van der Waals surface area contributed by atoms with Crippen molar-refractivity contribution in [1.29, 1.82) is 0 Å². The lowest BCUT2D eigenvalue weighted by Gasteiger charge is -2.31. The van der Waals surface area contributed by atoms with E-state index in [-0.39, 0.29) is 26.3 Å². The molecular formula is C32H46O3S2. The molecule has 3 nitrogen and oxygen atoms in total. The van der Waals surface area contributed by atoms with Gasteiger partial charge in [0.1, 0.15) is 11.5 Å². The highest BCUT2D eigenvalue weighted by atomic mass is 32.2. The fourth-order valence-electron chi connectivity index (χ4n) is 4.19. The van der Waals surface area contributed by atoms with Crippen molar-refractivity contribution in [2.45, 2.75) is 120 Å². The summed E-state index contributed by atoms with van der Waals surface area (Å²) in [7, 11) is 0. The number of aromatic hydroxyl groups is 1. The maximum atomic E-state index is 11.9. The highest BCUT2D eigenvalue weighted by Gasteiger charge is 2.30. The van der Waals surface area contributed by atoms with Crippen LogP contribution in [0.3, 0.4) is 0 Å². The SMILES string of the molecule is C=C(C)c1cc(SC(C)(C)Sc2cc(C(C)(C)C)c(O)c(C(C)(C)C)c2)cc(C(C)(C)C)c1OC(C)=O. The van der Waals surface area contributed by atoms with E-state index in [0.717, 1.165) is 37.6 Å². The minimum absolute atomic E-state index is 0.178. The summed E-state index contributed by atoms with van der Waals surface area (Å²) in [4.78, 5) is 14.2. The van der Waals surface area contributed by atoms with Crippen LogP contribution >= 0.6 is 23.5 Å². The van der Waals surface area contributed by atoms with Gasteiger partial charge < -0.3 is 9.84 Å². The van der Waals surface area contributed by atoms with E-state index in [4.69, 9.17) is 4.74 Å². The summed E-state index contributed by atoms with van der Waals surface area (Å²) >= 11 is 3.58. The first-order chi connectivity index (χ1) is 16.5. The molecule has 0 heterocycles. The molecule has 2 rings (SSSR count). The van der Waals surface area contributed by atoms with Crippen LogP contribution in [0.2, 0.25) is 0 Å². The predicted octanol–water partition coefficient (Wildman–Crippen LogP) is 9.86. The van der Waals surface area contributed by atoms with Gasteiger partial charge in [0.2, 0.25) is 0 Å². The number of allylic oxidation sites excluding steroid dienone is 1. The smallest absolute Gasteiger partial charge is 0.308 e. The summed E-state index contributed by atoms with van der Waals surface area (Å²) in [6.45, 7) is 31.2. The van der Waals surface area contributed by atoms with E-state index in [9.17, 15) is 9.90 Å². The Morgan fingerprint density at radius 3 is 1.46 bits per heavy atom. The third-order valence-electron chi connectivity index (χ3n) is 6.00. The second-order valence-electron chi connectivity index (χ2n) is 13.4. The molecule has 0 amide bonds. The Morgan fingerprint density at radius 2 is 1.11 bits per heavy atom. The van der Waals surface area contributed by atoms with Crippen LogP contribution in [-0.4, -0.2) is 15.2 Å². The molecule has 0 radical (unpaired) electrons. The van der Waals surface area contributed by atoms with Crippen LogP contribution in [-0.2, 0) is 21.0 Å². The lowest BCUT2D eigenvalue weighted by molar-refractivity contribution is -0.132. The van der Waals surface area contributed by atoms with Gasteiger partial charge in [-0.15, -0.1) is 23.5 Å². The number of carbonyl (C=O) groups is 1. The quantitative estimate of drug-likeness (QED) is 0.170. The number of thioether (sulfide) groups is 2. The summed E-state index contributed by atoms with van der Waals surface area (Å²) in [6, 6.07) is 8.51. The fraction of sp³-hybridized carbons (Fsp3) is 0.531. The average Bonchev–Trinajstić information content (AvgIpc) is 2.66. The third kappa shape index (κ3) is 8.07. The second kappa shape index (κ2) is 10.7. The lowest BCUT2D eigenvalue weighted by atomic mass is 9.79. The molecule has 37 heavy (non-hydrogen) atoms. The Balaban J connectivity index is 2.60. The van der Waals surface area contributed by atoms with Gasteiger partial charge in [-0.05, 0) is 66.9 Å². The van der Waals surface area contributed by atoms with Crippen molar-refractivity contribution in [3.63, 3.8) is 0 Å². The average molecular weight is 543 g/mol. The largest absolute Gasteiger partial charge is 0.507 e. The zero-order valence-electron chi connectivity index (χ0n) is 25.1. The normalized spacial score (nSPS) is 13.0. The third-order valence-corrected chi connectivity index (χ3v) is 8.43. The molecule has 0 aliphatic heterocycles. The van der Waals surface area contributed by atoms with E-state index < -0.39 is 0 Å². The summed E-state index contributed by atoms with van der Waals surface area (Å²) in [5, 5.41) is 11.1. The molecule has 0 bridgehead atoms. The van der Waals surface area contributed by atoms with Gasteiger partial charge in [0.25, 0.3) is 0 Å². The van der Waals surface area contributed by atoms with Crippen LogP contribution in [0.25, 0.3) is 5.57 Å². The summed E-state index contributed by atoms with van der Waals surface area (Å²) < 4.78 is 5.49. The molecule has 204 valence electrons. The van der Waals surface area contributed by atoms with Gasteiger partial charge in [0.05, 0.1) is 4.08 Å². The highest BCUT2D eigenvalue weighted by molar-refractivity contribution is 8.18. The first-order valence-corrected chi connectivity index (χ1v) is 14.4. The Kier molecular flexibility index (Phi) is 9.09. The van der Waals surface area contributed by atoms with Gasteiger partial charge in [0, 0.05) is 39.0 Å². The predicted molar refractivity (Wildman–Crippen MR) is 162 cm³/mol. The minimum atomic E-state index is -0.332. The van der Waals surface area contributed by atoms with Crippen molar-refractivity contribution >= 4 is 35.1 Å². The van der Waals surface area contributed by atoms with Crippen molar-refractivity contribution in [2.24, 2.45) is 0 Å². The molecule has 0 saturated carbocycles. The molecule has 0 aromatic heterocycles. The van der Waals surface area contributed by atoms with Gasteiger partial charge >= 0.3 is 5.97 Å². The molecule has 1 N–H and O–H groups in total. The van der Waals surface area contributed by atoms with Gasteiger partial charge in [-0.3, -0.25) is 4.79 Å². The van der Waals surface area contributed by atoms with Crippen molar-refractivity contribution in [3.05, 3.63) is 53.1 Å². The first-order valence-electron chi connectivity index (χ1n) is 12.8. The maximum absolute atomic E-state index is 11.9. The lowest BCUT2D eigenvalue weighted by Crippen LogP contribution is -2.18. The van der Waals surface area contributed by atoms with E-state index in [2.05, 4.69) is 107 Å². The zero-order valence-corrected chi connectivity index (χ0v) is 26.7. The summed E-state index contributed by atoms with van der Waals surface area (Å²) in [5.74, 6) is 0.670. The number of phenolic OH excluding ortho intramolecular Hbond substituents is 1. The summed E-state index contributed by atoms with van der Waals surface area (Å²) in [5.41, 5.74) is 4.07. The molecule has 2 aromatic rings. The monoisotopic (exact) mass is 542 g/mol. The molecule has 0 aliphatic carbocycles. The van der Waals surface area contributed by atoms with Gasteiger partial charge in [0.15, 0.2) is 0 Å². The van der Waals surface area contributed by atoms with Crippen molar-refractivity contribution in [2.75, 3.05) is 0 Å². The highest BCUT2D eigenvalue weighted by Crippen LogP contribution is 2.50. The van der Waals surface area contributed by atoms with Gasteiger partial charge in [-0.2, -0.15) is 0 Å². The standard InChI is InChI=1S/C32H46O3S2/c1-19(2)23-15-21(18-26(31(10,11)12)28(23)35-20(3)33)36-32(13,14)37-22-16-24(29(4,5)6)27(34)25(17-22)30(7,8)9/h15-18,34H,1H2,2-14H3. The van der Waals surface area contributed by atoms with Crippen LogP contribution in [0.5, 0.6) is 11.5 Å². The number of ether oxygens (including phenoxy) is 1. The van der Waals surface area contributed by atoms with Gasteiger partial charge in [-0.1, -0.05) is 68.9 Å². The molecular weight excluding hydrogens is 496 g/mol.